The van der Waals surface area contributed by atoms with Gasteiger partial charge in [0.15, 0.2) is 0 Å². The van der Waals surface area contributed by atoms with E-state index in [1.807, 2.05) is 18.2 Å². The summed E-state index contributed by atoms with van der Waals surface area (Å²) in [7, 11) is 0. The Labute approximate surface area is 93.7 Å². The Bertz CT molecular complexity index is 409. The number of nitrogens with two attached hydrogens (primary N) is 1. The molecule has 2 rings (SSSR count). The van der Waals surface area contributed by atoms with E-state index < -0.39 is 0 Å². The molecule has 2 aromatic rings. The maximum Gasteiger partial charge on any atom is 0.0317 e. The average Bonchev–Trinajstić information content (AvgIpc) is 2.71. The van der Waals surface area contributed by atoms with E-state index in [4.69, 9.17) is 5.73 Å². The van der Waals surface area contributed by atoms with Crippen molar-refractivity contribution in [3.63, 3.8) is 0 Å². The first-order valence-corrected chi connectivity index (χ1v) is 5.80. The number of thiophene rings is 1. The summed E-state index contributed by atoms with van der Waals surface area (Å²) in [6, 6.07) is 12.2. The van der Waals surface area contributed by atoms with Crippen molar-refractivity contribution in [2.75, 3.05) is 5.73 Å². The second kappa shape index (κ2) is 4.96. The summed E-state index contributed by atoms with van der Waals surface area (Å²) in [5.74, 6) is 0. The highest BCUT2D eigenvalue weighted by molar-refractivity contribution is 7.09. The van der Waals surface area contributed by atoms with Crippen LogP contribution in [0, 0.1) is 0 Å². The van der Waals surface area contributed by atoms with Crippen LogP contribution in [0.1, 0.15) is 10.4 Å². The van der Waals surface area contributed by atoms with Crippen molar-refractivity contribution >= 4 is 17.0 Å². The SMILES string of the molecule is Nc1cccc(CNCc2cccs2)c1. The van der Waals surface area contributed by atoms with Gasteiger partial charge in [0, 0.05) is 23.7 Å². The number of rotatable bonds is 4. The van der Waals surface area contributed by atoms with Crippen molar-refractivity contribution in [3.8, 4) is 0 Å². The van der Waals surface area contributed by atoms with Crippen LogP contribution in [0.15, 0.2) is 41.8 Å². The van der Waals surface area contributed by atoms with Gasteiger partial charge in [-0.25, -0.2) is 0 Å². The molecule has 0 saturated carbocycles. The van der Waals surface area contributed by atoms with E-state index in [0.717, 1.165) is 18.8 Å². The van der Waals surface area contributed by atoms with E-state index in [1.54, 1.807) is 11.3 Å². The van der Waals surface area contributed by atoms with Gasteiger partial charge in [-0.2, -0.15) is 0 Å². The molecule has 0 radical (unpaired) electrons. The van der Waals surface area contributed by atoms with Gasteiger partial charge in [-0.3, -0.25) is 0 Å². The average molecular weight is 218 g/mol. The van der Waals surface area contributed by atoms with Gasteiger partial charge in [0.25, 0.3) is 0 Å². The molecule has 1 aromatic carbocycles. The Morgan fingerprint density at radius 2 is 2.07 bits per heavy atom. The number of nitrogen functional groups attached to an aromatic ring is 1. The van der Waals surface area contributed by atoms with E-state index in [2.05, 4.69) is 28.9 Å². The summed E-state index contributed by atoms with van der Waals surface area (Å²) in [5.41, 5.74) is 7.75. The van der Waals surface area contributed by atoms with Gasteiger partial charge in [0.05, 0.1) is 0 Å². The minimum Gasteiger partial charge on any atom is -0.399 e. The molecule has 0 spiro atoms. The van der Waals surface area contributed by atoms with Crippen LogP contribution < -0.4 is 11.1 Å². The third-order valence-corrected chi connectivity index (χ3v) is 3.04. The third kappa shape index (κ3) is 3.08. The molecule has 15 heavy (non-hydrogen) atoms. The van der Waals surface area contributed by atoms with Crippen molar-refractivity contribution < 1.29 is 0 Å². The van der Waals surface area contributed by atoms with Gasteiger partial charge in [-0.15, -0.1) is 11.3 Å². The Kier molecular flexibility index (Phi) is 3.37. The molecule has 0 atom stereocenters. The fourth-order valence-corrected chi connectivity index (χ4v) is 2.12. The number of nitrogens with one attached hydrogen (secondary N) is 1. The van der Waals surface area contributed by atoms with E-state index in [0.29, 0.717) is 0 Å². The molecule has 78 valence electrons. The van der Waals surface area contributed by atoms with Crippen LogP contribution in [-0.2, 0) is 13.1 Å². The molecule has 1 heterocycles. The van der Waals surface area contributed by atoms with Crippen molar-refractivity contribution in [1.29, 1.82) is 0 Å². The van der Waals surface area contributed by atoms with Crippen LogP contribution in [0.3, 0.4) is 0 Å². The zero-order valence-electron chi connectivity index (χ0n) is 8.44. The first-order valence-electron chi connectivity index (χ1n) is 4.92. The van der Waals surface area contributed by atoms with Crippen molar-refractivity contribution in [3.05, 3.63) is 52.2 Å². The number of hydrogen-bond donors (Lipinski definition) is 2. The number of hydrogen-bond acceptors (Lipinski definition) is 3. The lowest BCUT2D eigenvalue weighted by molar-refractivity contribution is 0.701. The Balaban J connectivity index is 1.83. The number of anilines is 1. The summed E-state index contributed by atoms with van der Waals surface area (Å²) < 4.78 is 0. The smallest absolute Gasteiger partial charge is 0.0317 e. The van der Waals surface area contributed by atoms with Crippen molar-refractivity contribution in [2.24, 2.45) is 0 Å². The maximum atomic E-state index is 5.70. The van der Waals surface area contributed by atoms with E-state index >= 15 is 0 Å². The van der Waals surface area contributed by atoms with E-state index in [1.165, 1.54) is 10.4 Å². The molecule has 0 fully saturated rings. The van der Waals surface area contributed by atoms with E-state index in [9.17, 15) is 0 Å². The van der Waals surface area contributed by atoms with E-state index in [-0.39, 0.29) is 0 Å². The highest BCUT2D eigenvalue weighted by atomic mass is 32.1. The predicted octanol–water partition coefficient (Wildman–Crippen LogP) is 2.62. The fraction of sp³-hybridized carbons (Fsp3) is 0.167. The van der Waals surface area contributed by atoms with Gasteiger partial charge >= 0.3 is 0 Å². The van der Waals surface area contributed by atoms with Crippen LogP contribution in [-0.4, -0.2) is 0 Å². The second-order valence-electron chi connectivity index (χ2n) is 3.43. The van der Waals surface area contributed by atoms with Crippen LogP contribution in [0.4, 0.5) is 5.69 Å². The largest absolute Gasteiger partial charge is 0.399 e. The molecule has 0 aliphatic carbocycles. The first kappa shape index (κ1) is 10.2. The minimum absolute atomic E-state index is 0.824. The molecule has 1 aromatic heterocycles. The van der Waals surface area contributed by atoms with Gasteiger partial charge in [-0.1, -0.05) is 18.2 Å². The summed E-state index contributed by atoms with van der Waals surface area (Å²) in [5, 5.41) is 5.48. The molecular weight excluding hydrogens is 204 g/mol. The molecule has 3 heteroatoms. The molecule has 0 saturated heterocycles. The lowest BCUT2D eigenvalue weighted by Gasteiger charge is -2.04. The lowest BCUT2D eigenvalue weighted by Crippen LogP contribution is -2.11. The Morgan fingerprint density at radius 3 is 2.80 bits per heavy atom. The predicted molar refractivity (Wildman–Crippen MR) is 65.7 cm³/mol. The highest BCUT2D eigenvalue weighted by Gasteiger charge is 1.95. The lowest BCUT2D eigenvalue weighted by atomic mass is 10.2. The molecule has 0 amide bonds. The van der Waals surface area contributed by atoms with Crippen LogP contribution in [0.5, 0.6) is 0 Å². The Hall–Kier alpha value is -1.32. The van der Waals surface area contributed by atoms with Gasteiger partial charge in [-0.05, 0) is 29.1 Å². The van der Waals surface area contributed by atoms with Crippen LogP contribution in [0.2, 0.25) is 0 Å². The molecule has 0 unspecified atom stereocenters. The van der Waals surface area contributed by atoms with Crippen LogP contribution >= 0.6 is 11.3 Å². The quantitative estimate of drug-likeness (QED) is 0.774. The summed E-state index contributed by atoms with van der Waals surface area (Å²) in [4.78, 5) is 1.36. The normalized spacial score (nSPS) is 10.4. The monoisotopic (exact) mass is 218 g/mol. The first-order chi connectivity index (χ1) is 7.34. The Morgan fingerprint density at radius 1 is 1.13 bits per heavy atom. The molecular formula is C12H14N2S. The molecule has 0 bridgehead atoms. The zero-order valence-corrected chi connectivity index (χ0v) is 9.26. The molecule has 0 aliphatic rings. The van der Waals surface area contributed by atoms with Gasteiger partial charge in [0.2, 0.25) is 0 Å². The van der Waals surface area contributed by atoms with Crippen molar-refractivity contribution in [2.45, 2.75) is 13.1 Å². The molecule has 0 aliphatic heterocycles. The summed E-state index contributed by atoms with van der Waals surface area (Å²) in [6.07, 6.45) is 0. The van der Waals surface area contributed by atoms with Crippen molar-refractivity contribution in [1.82, 2.24) is 5.32 Å². The number of benzene rings is 1. The standard InChI is InChI=1S/C12H14N2S/c13-11-4-1-3-10(7-11)8-14-9-12-5-2-6-15-12/h1-7,14H,8-9,13H2. The molecule has 2 nitrogen and oxygen atoms in total. The van der Waals surface area contributed by atoms with Gasteiger partial charge < -0.3 is 11.1 Å². The molecule has 3 N–H and O–H groups in total. The second-order valence-corrected chi connectivity index (χ2v) is 4.46. The van der Waals surface area contributed by atoms with Crippen LogP contribution in [0.25, 0.3) is 0 Å². The topological polar surface area (TPSA) is 38.0 Å². The third-order valence-electron chi connectivity index (χ3n) is 2.16. The maximum absolute atomic E-state index is 5.70. The summed E-state index contributed by atoms with van der Waals surface area (Å²) in [6.45, 7) is 1.79. The minimum atomic E-state index is 0.824. The highest BCUT2D eigenvalue weighted by Crippen LogP contribution is 2.09. The summed E-state index contributed by atoms with van der Waals surface area (Å²) >= 11 is 1.77. The fourth-order valence-electron chi connectivity index (χ4n) is 1.45. The van der Waals surface area contributed by atoms with Gasteiger partial charge in [0.1, 0.15) is 0 Å². The zero-order chi connectivity index (χ0) is 10.5.